The SMILES string of the molecule is c1ccc(-c2ccccc2-c2nc(-c3c4ccccc4cc4c3ccc3ccccc34)nc(-c3cccc4c3oc3ccccc34)n2)cc1. The molecule has 0 saturated carbocycles. The fraction of sp³-hybridized carbons (Fsp3) is 0. The fourth-order valence-corrected chi connectivity index (χ4v) is 7.26. The predicted molar refractivity (Wildman–Crippen MR) is 201 cm³/mol. The van der Waals surface area contributed by atoms with Crippen LogP contribution in [0.5, 0.6) is 0 Å². The first-order valence-electron chi connectivity index (χ1n) is 16.5. The van der Waals surface area contributed by atoms with Crippen molar-refractivity contribution in [2.75, 3.05) is 0 Å². The van der Waals surface area contributed by atoms with Crippen molar-refractivity contribution in [2.45, 2.75) is 0 Å². The van der Waals surface area contributed by atoms with Crippen LogP contribution in [-0.2, 0) is 0 Å². The van der Waals surface area contributed by atoms with E-state index in [0.717, 1.165) is 65.9 Å². The summed E-state index contributed by atoms with van der Waals surface area (Å²) in [6.07, 6.45) is 0. The van der Waals surface area contributed by atoms with Gasteiger partial charge in [-0.2, -0.15) is 0 Å². The molecule has 8 aromatic carbocycles. The monoisotopic (exact) mass is 625 g/mol. The Morgan fingerprint density at radius 2 is 0.959 bits per heavy atom. The average molecular weight is 626 g/mol. The van der Waals surface area contributed by atoms with Gasteiger partial charge in [0.2, 0.25) is 0 Å². The van der Waals surface area contributed by atoms with E-state index in [2.05, 4.69) is 127 Å². The molecule has 0 aliphatic heterocycles. The van der Waals surface area contributed by atoms with Crippen molar-refractivity contribution in [1.29, 1.82) is 0 Å². The highest BCUT2D eigenvalue weighted by atomic mass is 16.3. The summed E-state index contributed by atoms with van der Waals surface area (Å²) in [4.78, 5) is 15.9. The molecule has 0 bridgehead atoms. The summed E-state index contributed by atoms with van der Waals surface area (Å²) in [7, 11) is 0. The summed E-state index contributed by atoms with van der Waals surface area (Å²) >= 11 is 0. The summed E-state index contributed by atoms with van der Waals surface area (Å²) in [6, 6.07) is 56.8. The molecule has 0 fully saturated rings. The van der Waals surface area contributed by atoms with Gasteiger partial charge in [-0.25, -0.2) is 15.0 Å². The maximum Gasteiger partial charge on any atom is 0.167 e. The minimum atomic E-state index is 0.564. The van der Waals surface area contributed by atoms with Crippen molar-refractivity contribution in [3.63, 3.8) is 0 Å². The van der Waals surface area contributed by atoms with Crippen LogP contribution in [-0.4, -0.2) is 15.0 Å². The van der Waals surface area contributed by atoms with E-state index in [9.17, 15) is 0 Å². The zero-order chi connectivity index (χ0) is 32.3. The summed E-state index contributed by atoms with van der Waals surface area (Å²) in [5.74, 6) is 1.79. The van der Waals surface area contributed by atoms with Crippen LogP contribution >= 0.6 is 0 Å². The Bertz CT molecular complexity index is 2890. The summed E-state index contributed by atoms with van der Waals surface area (Å²) in [5.41, 5.74) is 6.50. The van der Waals surface area contributed by atoms with Gasteiger partial charge in [-0.15, -0.1) is 0 Å². The molecule has 10 aromatic rings. The number of fused-ring (bicyclic) bond motifs is 7. The molecular formula is C45H27N3O. The van der Waals surface area contributed by atoms with Gasteiger partial charge in [-0.05, 0) is 61.6 Å². The molecule has 49 heavy (non-hydrogen) atoms. The maximum absolute atomic E-state index is 6.51. The molecular weight excluding hydrogens is 599 g/mol. The highest BCUT2D eigenvalue weighted by Gasteiger charge is 2.21. The number of hydrogen-bond donors (Lipinski definition) is 0. The Morgan fingerprint density at radius 1 is 0.347 bits per heavy atom. The summed E-state index contributed by atoms with van der Waals surface area (Å²) in [5, 5.41) is 8.97. The number of rotatable bonds is 4. The van der Waals surface area contributed by atoms with Gasteiger partial charge >= 0.3 is 0 Å². The lowest BCUT2D eigenvalue weighted by molar-refractivity contribution is 0.669. The molecule has 228 valence electrons. The van der Waals surface area contributed by atoms with Crippen molar-refractivity contribution >= 4 is 54.3 Å². The Morgan fingerprint density at radius 3 is 1.82 bits per heavy atom. The molecule has 0 aliphatic carbocycles. The number of para-hydroxylation sites is 2. The third-order valence-electron chi connectivity index (χ3n) is 9.53. The van der Waals surface area contributed by atoms with Crippen LogP contribution in [0.25, 0.3) is 99.5 Å². The van der Waals surface area contributed by atoms with Crippen molar-refractivity contribution in [3.05, 3.63) is 164 Å². The average Bonchev–Trinajstić information content (AvgIpc) is 3.56. The van der Waals surface area contributed by atoms with Crippen molar-refractivity contribution < 1.29 is 4.42 Å². The highest BCUT2D eigenvalue weighted by molar-refractivity contribution is 6.19. The quantitative estimate of drug-likeness (QED) is 0.144. The maximum atomic E-state index is 6.51. The van der Waals surface area contributed by atoms with E-state index in [-0.39, 0.29) is 0 Å². The van der Waals surface area contributed by atoms with E-state index in [1.807, 2.05) is 36.4 Å². The summed E-state index contributed by atoms with van der Waals surface area (Å²) in [6.45, 7) is 0. The van der Waals surface area contributed by atoms with Crippen molar-refractivity contribution in [1.82, 2.24) is 15.0 Å². The number of aromatic nitrogens is 3. The lowest BCUT2D eigenvalue weighted by Crippen LogP contribution is -2.02. The molecule has 0 saturated heterocycles. The largest absolute Gasteiger partial charge is 0.455 e. The van der Waals surface area contributed by atoms with Gasteiger partial charge in [-0.1, -0.05) is 146 Å². The standard InChI is InChI=1S/C45H27N3O/c1-2-13-28(14-3-1)31-17-8-9-21-37(31)43-46-44(38-23-12-22-36-34-20-10-11-24-40(34)49-42(36)38)48-45(47-43)41-33-19-7-5-16-30(33)27-39-32-18-6-4-15-29(32)25-26-35(39)41/h1-27H. The lowest BCUT2D eigenvalue weighted by Gasteiger charge is -2.15. The van der Waals surface area contributed by atoms with Crippen LogP contribution in [0.4, 0.5) is 0 Å². The van der Waals surface area contributed by atoms with E-state index in [1.54, 1.807) is 0 Å². The normalized spacial score (nSPS) is 11.7. The molecule has 4 nitrogen and oxygen atoms in total. The van der Waals surface area contributed by atoms with Crippen LogP contribution in [0.15, 0.2) is 168 Å². The fourth-order valence-electron chi connectivity index (χ4n) is 7.26. The van der Waals surface area contributed by atoms with Crippen LogP contribution in [0.1, 0.15) is 0 Å². The van der Waals surface area contributed by atoms with E-state index in [1.165, 1.54) is 16.2 Å². The number of hydrogen-bond acceptors (Lipinski definition) is 4. The molecule has 0 N–H and O–H groups in total. The minimum Gasteiger partial charge on any atom is -0.455 e. The van der Waals surface area contributed by atoms with Gasteiger partial charge in [-0.3, -0.25) is 0 Å². The molecule has 4 heteroatoms. The molecule has 0 atom stereocenters. The van der Waals surface area contributed by atoms with Gasteiger partial charge in [0, 0.05) is 21.9 Å². The van der Waals surface area contributed by atoms with E-state index < -0.39 is 0 Å². The second-order valence-electron chi connectivity index (χ2n) is 12.4. The number of nitrogens with zero attached hydrogens (tertiary/aromatic N) is 3. The molecule has 0 unspecified atom stereocenters. The molecule has 0 radical (unpaired) electrons. The van der Waals surface area contributed by atoms with Gasteiger partial charge in [0.05, 0.1) is 5.56 Å². The zero-order valence-electron chi connectivity index (χ0n) is 26.3. The number of furan rings is 1. The van der Waals surface area contributed by atoms with Crippen LogP contribution in [0.3, 0.4) is 0 Å². The van der Waals surface area contributed by atoms with Gasteiger partial charge in [0.1, 0.15) is 11.2 Å². The Labute approximate surface area is 282 Å². The lowest BCUT2D eigenvalue weighted by atomic mass is 9.93. The number of benzene rings is 8. The van der Waals surface area contributed by atoms with Gasteiger partial charge < -0.3 is 4.42 Å². The van der Waals surface area contributed by atoms with Crippen LogP contribution in [0, 0.1) is 0 Å². The van der Waals surface area contributed by atoms with Crippen LogP contribution < -0.4 is 0 Å². The van der Waals surface area contributed by atoms with Gasteiger partial charge in [0.15, 0.2) is 17.5 Å². The summed E-state index contributed by atoms with van der Waals surface area (Å²) < 4.78 is 6.51. The molecule has 0 spiro atoms. The first-order chi connectivity index (χ1) is 24.3. The Balaban J connectivity index is 1.33. The second kappa shape index (κ2) is 11.0. The van der Waals surface area contributed by atoms with Gasteiger partial charge in [0.25, 0.3) is 0 Å². The van der Waals surface area contributed by atoms with Crippen molar-refractivity contribution in [3.8, 4) is 45.3 Å². The first-order valence-corrected chi connectivity index (χ1v) is 16.5. The predicted octanol–water partition coefficient (Wildman–Crippen LogP) is 11.9. The highest BCUT2D eigenvalue weighted by Crippen LogP contribution is 2.41. The molecule has 0 amide bonds. The van der Waals surface area contributed by atoms with E-state index in [0.29, 0.717) is 17.5 Å². The molecule has 10 rings (SSSR count). The Hall–Kier alpha value is -6.65. The molecule has 2 heterocycles. The smallest absolute Gasteiger partial charge is 0.167 e. The van der Waals surface area contributed by atoms with E-state index in [4.69, 9.17) is 19.4 Å². The first kappa shape index (κ1) is 27.5. The topological polar surface area (TPSA) is 51.8 Å². The second-order valence-corrected chi connectivity index (χ2v) is 12.4. The van der Waals surface area contributed by atoms with Crippen LogP contribution in [0.2, 0.25) is 0 Å². The zero-order valence-corrected chi connectivity index (χ0v) is 26.3. The molecule has 0 aliphatic rings. The minimum absolute atomic E-state index is 0.564. The van der Waals surface area contributed by atoms with Crippen molar-refractivity contribution in [2.24, 2.45) is 0 Å². The third-order valence-corrected chi connectivity index (χ3v) is 9.53. The Kier molecular flexibility index (Phi) is 6.15. The van der Waals surface area contributed by atoms with E-state index >= 15 is 0 Å². The third kappa shape index (κ3) is 4.42. The molecule has 2 aromatic heterocycles.